The summed E-state index contributed by atoms with van der Waals surface area (Å²) in [5.74, 6) is 0. The Labute approximate surface area is 339 Å². The Balaban J connectivity index is 1.02. The van der Waals surface area contributed by atoms with E-state index in [2.05, 4.69) is 240 Å². The van der Waals surface area contributed by atoms with Gasteiger partial charge in [0.1, 0.15) is 0 Å². The zero-order valence-corrected chi connectivity index (χ0v) is 31.8. The minimum atomic E-state index is 1.10. The number of benzene rings is 10. The minimum Gasteiger partial charge on any atom is -0.310 e. The molecule has 0 unspecified atom stereocenters. The van der Waals surface area contributed by atoms with Crippen LogP contribution in [0.25, 0.3) is 66.1 Å². The minimum absolute atomic E-state index is 1.10. The fraction of sp³-hybridized carbons (Fsp3) is 0. The highest BCUT2D eigenvalue weighted by molar-refractivity contribution is 6.09. The Morgan fingerprint density at radius 1 is 0.276 bits per heavy atom. The van der Waals surface area contributed by atoms with Crippen molar-refractivity contribution in [2.75, 3.05) is 9.80 Å². The average Bonchev–Trinajstić information content (AvgIpc) is 3.42. The lowest BCUT2D eigenvalue weighted by Gasteiger charge is -2.27. The lowest BCUT2D eigenvalue weighted by Crippen LogP contribution is -2.10. The third kappa shape index (κ3) is 5.82. The molecule has 0 radical (unpaired) electrons. The molecule has 1 aliphatic rings. The first kappa shape index (κ1) is 33.6. The van der Waals surface area contributed by atoms with Crippen LogP contribution in [-0.2, 0) is 0 Å². The van der Waals surface area contributed by atoms with Crippen LogP contribution in [0, 0.1) is 0 Å². The molecular formula is C56H38N2. The van der Waals surface area contributed by atoms with Gasteiger partial charge in [-0.1, -0.05) is 164 Å². The van der Waals surface area contributed by atoms with Gasteiger partial charge in [-0.25, -0.2) is 0 Å². The van der Waals surface area contributed by atoms with Crippen LogP contribution in [0.4, 0.5) is 34.1 Å². The second-order valence-corrected chi connectivity index (χ2v) is 15.0. The van der Waals surface area contributed by atoms with Gasteiger partial charge in [-0.3, -0.25) is 0 Å². The van der Waals surface area contributed by atoms with E-state index in [-0.39, 0.29) is 0 Å². The quantitative estimate of drug-likeness (QED) is 0.157. The van der Waals surface area contributed by atoms with E-state index >= 15 is 0 Å². The van der Waals surface area contributed by atoms with Gasteiger partial charge in [-0.2, -0.15) is 0 Å². The Kier molecular flexibility index (Phi) is 8.19. The van der Waals surface area contributed by atoms with Crippen LogP contribution in [0.2, 0.25) is 0 Å². The molecule has 0 spiro atoms. The Morgan fingerprint density at radius 2 is 0.776 bits per heavy atom. The summed E-state index contributed by atoms with van der Waals surface area (Å²) >= 11 is 0. The van der Waals surface area contributed by atoms with Gasteiger partial charge in [0.25, 0.3) is 0 Å². The Bertz CT molecular complexity index is 3100. The summed E-state index contributed by atoms with van der Waals surface area (Å²) in [5, 5.41) is 5.00. The molecule has 10 aromatic rings. The molecule has 1 aliphatic heterocycles. The molecule has 0 saturated heterocycles. The summed E-state index contributed by atoms with van der Waals surface area (Å²) in [4.78, 5) is 4.78. The van der Waals surface area contributed by atoms with E-state index in [1.807, 2.05) is 0 Å². The molecular weight excluding hydrogens is 701 g/mol. The predicted molar refractivity (Wildman–Crippen MR) is 246 cm³/mol. The van der Waals surface area contributed by atoms with Crippen LogP contribution in [-0.4, -0.2) is 0 Å². The number of fused-ring (bicyclic) bond motifs is 8. The van der Waals surface area contributed by atoms with Gasteiger partial charge in [0.05, 0.1) is 11.4 Å². The summed E-state index contributed by atoms with van der Waals surface area (Å²) in [7, 11) is 0. The van der Waals surface area contributed by atoms with Crippen LogP contribution >= 0.6 is 0 Å². The number of hydrogen-bond acceptors (Lipinski definition) is 2. The van der Waals surface area contributed by atoms with Gasteiger partial charge < -0.3 is 9.80 Å². The summed E-state index contributed by atoms with van der Waals surface area (Å²) in [6.45, 7) is 0. The molecule has 11 rings (SSSR count). The van der Waals surface area contributed by atoms with E-state index in [9.17, 15) is 0 Å². The summed E-state index contributed by atoms with van der Waals surface area (Å²) < 4.78 is 0. The molecule has 0 saturated carbocycles. The topological polar surface area (TPSA) is 6.48 Å². The van der Waals surface area contributed by atoms with E-state index < -0.39 is 0 Å². The zero-order valence-electron chi connectivity index (χ0n) is 31.8. The van der Waals surface area contributed by atoms with Crippen LogP contribution in [0.3, 0.4) is 0 Å². The first-order valence-electron chi connectivity index (χ1n) is 19.9. The molecule has 58 heavy (non-hydrogen) atoms. The van der Waals surface area contributed by atoms with Crippen molar-refractivity contribution in [3.05, 3.63) is 231 Å². The molecule has 10 aromatic carbocycles. The number of rotatable bonds is 6. The Morgan fingerprint density at radius 3 is 1.52 bits per heavy atom. The van der Waals surface area contributed by atoms with Gasteiger partial charge in [0.2, 0.25) is 0 Å². The normalized spacial score (nSPS) is 11.8. The number of hydrogen-bond donors (Lipinski definition) is 0. The van der Waals surface area contributed by atoms with Crippen LogP contribution < -0.4 is 9.80 Å². The van der Waals surface area contributed by atoms with Crippen molar-refractivity contribution in [1.29, 1.82) is 0 Å². The first-order valence-corrected chi connectivity index (χ1v) is 19.9. The van der Waals surface area contributed by atoms with Crippen LogP contribution in [0.1, 0.15) is 0 Å². The molecule has 0 atom stereocenters. The molecule has 0 N–H and O–H groups in total. The molecule has 0 bridgehead atoms. The molecule has 272 valence electrons. The SMILES string of the molecule is c1ccc(-c2ccc(N(c3ccc(-c4ccc5c(c4)-c4ccccc4-c4ccccc4N5c4ccccc4)cc3)c3ccc4c(ccc5ccccc54)c3)cc2)cc1. The van der Waals surface area contributed by atoms with Crippen molar-refractivity contribution in [2.45, 2.75) is 0 Å². The van der Waals surface area contributed by atoms with E-state index in [0.717, 1.165) is 28.4 Å². The predicted octanol–water partition coefficient (Wildman–Crippen LogP) is 15.9. The highest BCUT2D eigenvalue weighted by Crippen LogP contribution is 2.51. The van der Waals surface area contributed by atoms with Gasteiger partial charge >= 0.3 is 0 Å². The Hall–Kier alpha value is -7.68. The summed E-state index contributed by atoms with van der Waals surface area (Å²) in [5.41, 5.74) is 16.5. The zero-order chi connectivity index (χ0) is 38.4. The average molecular weight is 739 g/mol. The van der Waals surface area contributed by atoms with E-state index in [1.54, 1.807) is 0 Å². The van der Waals surface area contributed by atoms with Gasteiger partial charge in [0.15, 0.2) is 0 Å². The maximum absolute atomic E-state index is 2.41. The monoisotopic (exact) mass is 738 g/mol. The lowest BCUT2D eigenvalue weighted by atomic mass is 9.92. The third-order valence-electron chi connectivity index (χ3n) is 11.6. The third-order valence-corrected chi connectivity index (χ3v) is 11.6. The van der Waals surface area contributed by atoms with Crippen LogP contribution in [0.15, 0.2) is 231 Å². The largest absolute Gasteiger partial charge is 0.310 e. The smallest absolute Gasteiger partial charge is 0.0540 e. The van der Waals surface area contributed by atoms with Gasteiger partial charge in [-0.05, 0) is 122 Å². The summed E-state index contributed by atoms with van der Waals surface area (Å²) in [6.07, 6.45) is 0. The van der Waals surface area contributed by atoms with Gasteiger partial charge in [-0.15, -0.1) is 0 Å². The molecule has 1 heterocycles. The molecule has 2 heteroatoms. The molecule has 0 fully saturated rings. The fourth-order valence-electron chi connectivity index (χ4n) is 8.78. The van der Waals surface area contributed by atoms with E-state index in [1.165, 1.54) is 71.7 Å². The van der Waals surface area contributed by atoms with E-state index in [4.69, 9.17) is 0 Å². The number of nitrogens with zero attached hydrogens (tertiary/aromatic N) is 2. The van der Waals surface area contributed by atoms with Crippen molar-refractivity contribution >= 4 is 55.7 Å². The van der Waals surface area contributed by atoms with Crippen molar-refractivity contribution in [2.24, 2.45) is 0 Å². The highest BCUT2D eigenvalue weighted by Gasteiger charge is 2.26. The molecule has 0 aliphatic carbocycles. The van der Waals surface area contributed by atoms with Crippen molar-refractivity contribution < 1.29 is 0 Å². The maximum atomic E-state index is 2.41. The fourth-order valence-corrected chi connectivity index (χ4v) is 8.78. The molecule has 0 amide bonds. The van der Waals surface area contributed by atoms with Crippen molar-refractivity contribution in [3.8, 4) is 44.5 Å². The lowest BCUT2D eigenvalue weighted by molar-refractivity contribution is 1.29. The van der Waals surface area contributed by atoms with Crippen molar-refractivity contribution in [1.82, 2.24) is 0 Å². The second kappa shape index (κ2) is 14.1. The van der Waals surface area contributed by atoms with Gasteiger partial charge in [0, 0.05) is 33.9 Å². The highest BCUT2D eigenvalue weighted by atomic mass is 15.2. The summed E-state index contributed by atoms with van der Waals surface area (Å²) in [6, 6.07) is 83.8. The van der Waals surface area contributed by atoms with Crippen LogP contribution in [0.5, 0.6) is 0 Å². The van der Waals surface area contributed by atoms with E-state index in [0.29, 0.717) is 0 Å². The number of anilines is 6. The van der Waals surface area contributed by atoms with Crippen molar-refractivity contribution in [3.63, 3.8) is 0 Å². The maximum Gasteiger partial charge on any atom is 0.0540 e. The molecule has 2 nitrogen and oxygen atoms in total. The number of para-hydroxylation sites is 2. The molecule has 0 aromatic heterocycles. The first-order chi connectivity index (χ1) is 28.8. The standard InChI is InChI=1S/C56H38N2/c1-3-13-39(14-4-1)40-25-30-46(31-26-40)57(48-34-35-50-44(37-48)24-23-42-15-7-8-18-49(42)50)47-32-27-41(28-33-47)43-29-36-56-54(38-43)52-20-10-9-19-51(52)53-21-11-12-22-55(53)58(56)45-16-5-2-6-17-45/h1-38H. The second-order valence-electron chi connectivity index (χ2n) is 15.0.